The minimum Gasteiger partial charge on any atom is -0.350 e. The number of nitrogens with one attached hydrogen (secondary N) is 1. The number of carbonyl (C=O) groups is 1. The minimum absolute atomic E-state index is 0.0279. The Balaban J connectivity index is 1.88. The maximum absolute atomic E-state index is 12.6. The summed E-state index contributed by atoms with van der Waals surface area (Å²) < 4.78 is 4.04. The van der Waals surface area contributed by atoms with Crippen LogP contribution >= 0.6 is 0 Å². The molecule has 1 amide bonds. The van der Waals surface area contributed by atoms with Crippen LogP contribution < -0.4 is 5.32 Å². The second-order valence-electron chi connectivity index (χ2n) is 7.54. The average Bonchev–Trinajstić information content (AvgIpc) is 3.11. The van der Waals surface area contributed by atoms with Gasteiger partial charge in [0, 0.05) is 11.7 Å². The van der Waals surface area contributed by atoms with Gasteiger partial charge in [-0.05, 0) is 38.5 Å². The third-order valence-corrected chi connectivity index (χ3v) is 4.25. The first-order chi connectivity index (χ1) is 12.4. The fraction of sp³-hybridized carbons (Fsp3) is 0.238. The van der Waals surface area contributed by atoms with Crippen molar-refractivity contribution in [1.29, 1.82) is 0 Å². The van der Waals surface area contributed by atoms with Crippen molar-refractivity contribution in [3.8, 4) is 11.3 Å². The molecule has 0 bridgehead atoms. The molecule has 0 aliphatic heterocycles. The van der Waals surface area contributed by atoms with Crippen LogP contribution in [-0.2, 0) is 11.3 Å². The number of hydrogen-bond donors (Lipinski definition) is 1. The quantitative estimate of drug-likeness (QED) is 0.612. The van der Waals surface area contributed by atoms with E-state index in [0.29, 0.717) is 0 Å². The summed E-state index contributed by atoms with van der Waals surface area (Å²) in [6, 6.07) is 18.1. The summed E-state index contributed by atoms with van der Waals surface area (Å²) in [7, 11) is 0. The minimum atomic E-state index is -0.270. The zero-order valence-corrected chi connectivity index (χ0v) is 15.2. The van der Waals surface area contributed by atoms with E-state index in [9.17, 15) is 4.79 Å². The van der Waals surface area contributed by atoms with E-state index in [-0.39, 0.29) is 18.0 Å². The lowest BCUT2D eigenvalue weighted by Gasteiger charge is -2.21. The van der Waals surface area contributed by atoms with E-state index in [1.54, 1.807) is 0 Å². The van der Waals surface area contributed by atoms with Gasteiger partial charge in [-0.2, -0.15) is 0 Å². The molecule has 0 aliphatic carbocycles. The van der Waals surface area contributed by atoms with Gasteiger partial charge in [0.25, 0.3) is 0 Å². The van der Waals surface area contributed by atoms with Crippen LogP contribution in [0.25, 0.3) is 28.1 Å². The Bertz CT molecular complexity index is 1080. The number of hydrogen-bond acceptors (Lipinski definition) is 2. The van der Waals surface area contributed by atoms with E-state index in [2.05, 4.69) is 28.0 Å². The van der Waals surface area contributed by atoms with Crippen LogP contribution in [0, 0.1) is 0 Å². The summed E-state index contributed by atoms with van der Waals surface area (Å²) >= 11 is 0. The second kappa shape index (κ2) is 6.02. The van der Waals surface area contributed by atoms with Crippen LogP contribution in [0.1, 0.15) is 20.8 Å². The number of imidazole rings is 2. The molecule has 0 saturated heterocycles. The molecular formula is C21H22N4O. The standard InChI is InChI=1S/C21H22N4O/c1-21(2,3)23-19(26)14-25-18(15-9-5-4-6-10-15)13-24-17-12-8-7-11-16(17)22-20(24)25/h4-13H,14H2,1-3H3,(H,23,26). The lowest BCUT2D eigenvalue weighted by molar-refractivity contribution is -0.123. The maximum Gasteiger partial charge on any atom is 0.240 e. The molecule has 0 unspecified atom stereocenters. The number of para-hydroxylation sites is 2. The fourth-order valence-electron chi connectivity index (χ4n) is 3.25. The van der Waals surface area contributed by atoms with E-state index in [1.165, 1.54) is 0 Å². The van der Waals surface area contributed by atoms with E-state index in [0.717, 1.165) is 28.1 Å². The summed E-state index contributed by atoms with van der Waals surface area (Å²) in [5, 5.41) is 3.04. The van der Waals surface area contributed by atoms with Gasteiger partial charge in [-0.3, -0.25) is 9.20 Å². The van der Waals surface area contributed by atoms with Crippen molar-refractivity contribution in [3.63, 3.8) is 0 Å². The SMILES string of the molecule is CC(C)(C)NC(=O)Cn1c(-c2ccccc2)cn2c3ccccc3nc12. The number of aromatic nitrogens is 3. The molecule has 1 N–H and O–H groups in total. The van der Waals surface area contributed by atoms with Crippen molar-refractivity contribution in [1.82, 2.24) is 19.3 Å². The molecule has 0 fully saturated rings. The third kappa shape index (κ3) is 2.96. The van der Waals surface area contributed by atoms with Gasteiger partial charge >= 0.3 is 0 Å². The van der Waals surface area contributed by atoms with Crippen molar-refractivity contribution >= 4 is 22.7 Å². The van der Waals surface area contributed by atoms with Crippen LogP contribution in [-0.4, -0.2) is 25.4 Å². The Labute approximate surface area is 152 Å². The summed E-state index contributed by atoms with van der Waals surface area (Å²) in [5.41, 5.74) is 3.73. The molecule has 132 valence electrons. The molecule has 0 aliphatic rings. The average molecular weight is 346 g/mol. The molecule has 5 heteroatoms. The first-order valence-corrected chi connectivity index (χ1v) is 8.75. The van der Waals surface area contributed by atoms with Crippen molar-refractivity contribution in [2.45, 2.75) is 32.9 Å². The van der Waals surface area contributed by atoms with Crippen molar-refractivity contribution < 1.29 is 4.79 Å². The van der Waals surface area contributed by atoms with E-state index >= 15 is 0 Å². The number of rotatable bonds is 3. The van der Waals surface area contributed by atoms with Gasteiger partial charge in [-0.25, -0.2) is 4.98 Å². The molecule has 0 spiro atoms. The largest absolute Gasteiger partial charge is 0.350 e. The van der Waals surface area contributed by atoms with Crippen LogP contribution in [0.5, 0.6) is 0 Å². The number of benzene rings is 2. The Kier molecular flexibility index (Phi) is 3.80. The highest BCUT2D eigenvalue weighted by Crippen LogP contribution is 2.26. The number of nitrogens with zero attached hydrogens (tertiary/aromatic N) is 3. The Hall–Kier alpha value is -3.08. The molecule has 26 heavy (non-hydrogen) atoms. The van der Waals surface area contributed by atoms with Crippen LogP contribution in [0.2, 0.25) is 0 Å². The van der Waals surface area contributed by atoms with Crippen molar-refractivity contribution in [3.05, 3.63) is 60.8 Å². The summed E-state index contributed by atoms with van der Waals surface area (Å²) in [6.07, 6.45) is 2.06. The first kappa shape index (κ1) is 16.4. The van der Waals surface area contributed by atoms with Gasteiger partial charge in [0.1, 0.15) is 6.54 Å². The van der Waals surface area contributed by atoms with Crippen LogP contribution in [0.15, 0.2) is 60.8 Å². The highest BCUT2D eigenvalue weighted by Gasteiger charge is 2.19. The Morgan fingerprint density at radius 2 is 1.73 bits per heavy atom. The Morgan fingerprint density at radius 3 is 2.46 bits per heavy atom. The third-order valence-electron chi connectivity index (χ3n) is 4.25. The fourth-order valence-corrected chi connectivity index (χ4v) is 3.25. The number of carbonyl (C=O) groups excluding carboxylic acids is 1. The molecule has 2 aromatic carbocycles. The molecule has 5 nitrogen and oxygen atoms in total. The molecule has 2 aromatic heterocycles. The molecule has 0 radical (unpaired) electrons. The number of fused-ring (bicyclic) bond motifs is 3. The molecule has 2 heterocycles. The van der Waals surface area contributed by atoms with Crippen molar-refractivity contribution in [2.24, 2.45) is 0 Å². The van der Waals surface area contributed by atoms with E-state index in [4.69, 9.17) is 4.98 Å². The van der Waals surface area contributed by atoms with E-state index < -0.39 is 0 Å². The number of amides is 1. The van der Waals surface area contributed by atoms with Crippen LogP contribution in [0.3, 0.4) is 0 Å². The molecule has 4 aromatic rings. The van der Waals surface area contributed by atoms with Crippen LogP contribution in [0.4, 0.5) is 0 Å². The van der Waals surface area contributed by atoms with Gasteiger partial charge in [-0.1, -0.05) is 42.5 Å². The van der Waals surface area contributed by atoms with Gasteiger partial charge < -0.3 is 9.88 Å². The second-order valence-corrected chi connectivity index (χ2v) is 7.54. The smallest absolute Gasteiger partial charge is 0.240 e. The highest BCUT2D eigenvalue weighted by atomic mass is 16.2. The lowest BCUT2D eigenvalue weighted by atomic mass is 10.1. The normalized spacial score (nSPS) is 12.0. The Morgan fingerprint density at radius 1 is 1.04 bits per heavy atom. The first-order valence-electron chi connectivity index (χ1n) is 8.75. The van der Waals surface area contributed by atoms with Gasteiger partial charge in [0.2, 0.25) is 11.7 Å². The van der Waals surface area contributed by atoms with Gasteiger partial charge in [0.15, 0.2) is 0 Å². The predicted molar refractivity (Wildman–Crippen MR) is 104 cm³/mol. The topological polar surface area (TPSA) is 51.3 Å². The summed E-state index contributed by atoms with van der Waals surface area (Å²) in [6.45, 7) is 6.18. The predicted octanol–water partition coefficient (Wildman–Crippen LogP) is 3.87. The zero-order chi connectivity index (χ0) is 18.3. The summed E-state index contributed by atoms with van der Waals surface area (Å²) in [5.74, 6) is 0.744. The van der Waals surface area contributed by atoms with E-state index in [1.807, 2.05) is 67.8 Å². The molecule has 4 rings (SSSR count). The monoisotopic (exact) mass is 346 g/mol. The highest BCUT2D eigenvalue weighted by molar-refractivity contribution is 5.83. The van der Waals surface area contributed by atoms with Gasteiger partial charge in [-0.15, -0.1) is 0 Å². The molecular weight excluding hydrogens is 324 g/mol. The molecule has 0 saturated carbocycles. The lowest BCUT2D eigenvalue weighted by Crippen LogP contribution is -2.42. The molecule has 0 atom stereocenters. The summed E-state index contributed by atoms with van der Waals surface area (Å²) in [4.78, 5) is 17.4. The maximum atomic E-state index is 12.6. The van der Waals surface area contributed by atoms with Gasteiger partial charge in [0.05, 0.1) is 16.7 Å². The zero-order valence-electron chi connectivity index (χ0n) is 15.2. The van der Waals surface area contributed by atoms with Crippen molar-refractivity contribution in [2.75, 3.05) is 0 Å².